The molecular weight excluding hydrogens is 278 g/mol. The van der Waals surface area contributed by atoms with Gasteiger partial charge in [0.25, 0.3) is 0 Å². The Morgan fingerprint density at radius 3 is 2.90 bits per heavy atom. The van der Waals surface area contributed by atoms with Crippen molar-refractivity contribution < 1.29 is 9.94 Å². The molecular formula is C14H20ClN3O2. The first kappa shape index (κ1) is 14.9. The lowest BCUT2D eigenvalue weighted by atomic mass is 9.94. The molecule has 2 rings (SSSR count). The summed E-state index contributed by atoms with van der Waals surface area (Å²) < 4.78 is 5.59. The van der Waals surface area contributed by atoms with Crippen LogP contribution >= 0.6 is 11.6 Å². The number of anilines is 1. The predicted molar refractivity (Wildman–Crippen MR) is 80.8 cm³/mol. The van der Waals surface area contributed by atoms with Crippen LogP contribution in [-0.2, 0) is 4.74 Å². The zero-order chi connectivity index (χ0) is 14.8. The first-order chi connectivity index (χ1) is 9.49. The number of amidine groups is 1. The Balaban J connectivity index is 2.25. The number of methoxy groups -OCH3 is 1. The minimum absolute atomic E-state index is 0.0545. The number of nitrogens with two attached hydrogens (primary N) is 1. The second-order valence-corrected chi connectivity index (χ2v) is 5.74. The number of nitrogens with zero attached hydrogens (tertiary/aromatic N) is 2. The number of oxime groups is 1. The van der Waals surface area contributed by atoms with Gasteiger partial charge in [0.15, 0.2) is 5.84 Å². The van der Waals surface area contributed by atoms with Crippen molar-refractivity contribution in [3.8, 4) is 0 Å². The highest BCUT2D eigenvalue weighted by atomic mass is 35.5. The van der Waals surface area contributed by atoms with E-state index < -0.39 is 0 Å². The van der Waals surface area contributed by atoms with Crippen LogP contribution in [0.5, 0.6) is 0 Å². The molecule has 1 aromatic rings. The molecule has 1 heterocycles. The van der Waals surface area contributed by atoms with Crippen LogP contribution < -0.4 is 10.6 Å². The number of halogens is 1. The van der Waals surface area contributed by atoms with Gasteiger partial charge in [0, 0.05) is 25.8 Å². The van der Waals surface area contributed by atoms with Crippen LogP contribution in [0.3, 0.4) is 0 Å². The van der Waals surface area contributed by atoms with E-state index in [9.17, 15) is 0 Å². The lowest BCUT2D eigenvalue weighted by Gasteiger charge is -2.41. The summed E-state index contributed by atoms with van der Waals surface area (Å²) in [7, 11) is 1.74. The van der Waals surface area contributed by atoms with Crippen LogP contribution in [0.25, 0.3) is 0 Å². The molecule has 0 aliphatic carbocycles. The Morgan fingerprint density at radius 1 is 1.55 bits per heavy atom. The van der Waals surface area contributed by atoms with E-state index in [0.717, 1.165) is 31.6 Å². The molecule has 1 aromatic carbocycles. The third kappa shape index (κ3) is 2.99. The highest BCUT2D eigenvalue weighted by molar-refractivity contribution is 6.33. The van der Waals surface area contributed by atoms with Gasteiger partial charge in [-0.2, -0.15) is 0 Å². The van der Waals surface area contributed by atoms with Gasteiger partial charge in [-0.25, -0.2) is 0 Å². The molecule has 1 fully saturated rings. The van der Waals surface area contributed by atoms with Crippen molar-refractivity contribution in [3.05, 3.63) is 28.8 Å². The number of rotatable bonds is 3. The highest BCUT2D eigenvalue weighted by Crippen LogP contribution is 2.32. The van der Waals surface area contributed by atoms with Crippen molar-refractivity contribution >= 4 is 23.1 Å². The summed E-state index contributed by atoms with van der Waals surface area (Å²) in [5.41, 5.74) is 6.97. The van der Waals surface area contributed by atoms with Gasteiger partial charge in [-0.05, 0) is 38.0 Å². The number of hydrogen-bond acceptors (Lipinski definition) is 4. The second kappa shape index (κ2) is 5.89. The maximum atomic E-state index is 8.69. The fraction of sp³-hybridized carbons (Fsp3) is 0.500. The van der Waals surface area contributed by atoms with Gasteiger partial charge in [0.1, 0.15) is 0 Å². The van der Waals surface area contributed by atoms with Crippen LogP contribution in [0.1, 0.15) is 25.3 Å². The van der Waals surface area contributed by atoms with E-state index in [-0.39, 0.29) is 11.4 Å². The molecule has 110 valence electrons. The normalized spacial score (nSPS) is 23.9. The Hall–Kier alpha value is -1.46. The third-order valence-corrected chi connectivity index (χ3v) is 4.15. The molecule has 0 spiro atoms. The number of ether oxygens (including phenoxy) is 1. The van der Waals surface area contributed by atoms with Crippen molar-refractivity contribution in [3.63, 3.8) is 0 Å². The van der Waals surface area contributed by atoms with Crippen LogP contribution in [0.2, 0.25) is 5.02 Å². The smallest absolute Gasteiger partial charge is 0.170 e. The molecule has 0 aromatic heterocycles. The van der Waals surface area contributed by atoms with Crippen LogP contribution in [0.4, 0.5) is 5.69 Å². The SMILES string of the molecule is COC1(C)CCCN(c2ccc(/C(N)=N/O)cc2Cl)C1. The summed E-state index contributed by atoms with van der Waals surface area (Å²) in [5.74, 6) is 0.0545. The van der Waals surface area contributed by atoms with Crippen molar-refractivity contribution in [1.29, 1.82) is 0 Å². The molecule has 0 amide bonds. The summed E-state index contributed by atoms with van der Waals surface area (Å²) in [6.07, 6.45) is 2.10. The van der Waals surface area contributed by atoms with Crippen molar-refractivity contribution in [2.24, 2.45) is 10.9 Å². The molecule has 0 bridgehead atoms. The Bertz CT molecular complexity index is 521. The number of hydrogen-bond donors (Lipinski definition) is 2. The second-order valence-electron chi connectivity index (χ2n) is 5.33. The van der Waals surface area contributed by atoms with E-state index in [1.165, 1.54) is 0 Å². The molecule has 1 aliphatic heterocycles. The van der Waals surface area contributed by atoms with E-state index in [2.05, 4.69) is 17.0 Å². The molecule has 0 radical (unpaired) electrons. The van der Waals surface area contributed by atoms with E-state index in [1.54, 1.807) is 19.2 Å². The van der Waals surface area contributed by atoms with E-state index >= 15 is 0 Å². The zero-order valence-corrected chi connectivity index (χ0v) is 12.5. The largest absolute Gasteiger partial charge is 0.409 e. The molecule has 6 heteroatoms. The summed E-state index contributed by atoms with van der Waals surface area (Å²) in [5, 5.41) is 12.3. The Kier molecular flexibility index (Phi) is 4.40. The van der Waals surface area contributed by atoms with E-state index in [0.29, 0.717) is 10.6 Å². The zero-order valence-electron chi connectivity index (χ0n) is 11.8. The first-order valence-corrected chi connectivity index (χ1v) is 6.94. The van der Waals surface area contributed by atoms with Crippen LogP contribution in [-0.4, -0.2) is 36.8 Å². The topological polar surface area (TPSA) is 71.1 Å². The maximum absolute atomic E-state index is 8.69. The fourth-order valence-corrected chi connectivity index (χ4v) is 2.86. The molecule has 20 heavy (non-hydrogen) atoms. The van der Waals surface area contributed by atoms with Gasteiger partial charge < -0.3 is 20.6 Å². The molecule has 5 nitrogen and oxygen atoms in total. The molecule has 0 saturated carbocycles. The number of benzene rings is 1. The lowest BCUT2D eigenvalue weighted by molar-refractivity contribution is -0.00464. The molecule has 3 N–H and O–H groups in total. The van der Waals surface area contributed by atoms with Crippen LogP contribution in [0, 0.1) is 0 Å². The number of piperidine rings is 1. The van der Waals surface area contributed by atoms with Gasteiger partial charge in [0.2, 0.25) is 0 Å². The standard InChI is InChI=1S/C14H20ClN3O2/c1-14(20-2)6-3-7-18(9-14)12-5-4-10(8-11(12)15)13(16)17-19/h4-5,8,19H,3,6-7,9H2,1-2H3,(H2,16,17). The molecule has 1 unspecified atom stereocenters. The minimum Gasteiger partial charge on any atom is -0.409 e. The summed E-state index contributed by atoms with van der Waals surface area (Å²) in [6.45, 7) is 3.85. The molecule has 1 saturated heterocycles. The third-order valence-electron chi connectivity index (χ3n) is 3.84. The first-order valence-electron chi connectivity index (χ1n) is 6.56. The van der Waals surface area contributed by atoms with Gasteiger partial charge in [0.05, 0.1) is 16.3 Å². The fourth-order valence-electron chi connectivity index (χ4n) is 2.56. The van der Waals surface area contributed by atoms with E-state index in [1.807, 2.05) is 6.07 Å². The Labute approximate surface area is 124 Å². The monoisotopic (exact) mass is 297 g/mol. The summed E-state index contributed by atoms with van der Waals surface area (Å²) in [4.78, 5) is 2.21. The van der Waals surface area contributed by atoms with Crippen LogP contribution in [0.15, 0.2) is 23.4 Å². The lowest BCUT2D eigenvalue weighted by Crippen LogP contribution is -2.47. The maximum Gasteiger partial charge on any atom is 0.170 e. The average molecular weight is 298 g/mol. The molecule has 1 atom stereocenters. The summed E-state index contributed by atoms with van der Waals surface area (Å²) >= 11 is 6.33. The highest BCUT2D eigenvalue weighted by Gasteiger charge is 2.31. The quantitative estimate of drug-likeness (QED) is 0.389. The Morgan fingerprint density at radius 2 is 2.30 bits per heavy atom. The van der Waals surface area contributed by atoms with E-state index in [4.69, 9.17) is 27.3 Å². The van der Waals surface area contributed by atoms with Crippen molar-refractivity contribution in [2.45, 2.75) is 25.4 Å². The van der Waals surface area contributed by atoms with Gasteiger partial charge in [-0.3, -0.25) is 0 Å². The van der Waals surface area contributed by atoms with Crippen molar-refractivity contribution in [2.75, 3.05) is 25.1 Å². The predicted octanol–water partition coefficient (Wildman–Crippen LogP) is 2.44. The van der Waals surface area contributed by atoms with Gasteiger partial charge in [-0.1, -0.05) is 16.8 Å². The minimum atomic E-state index is -0.147. The molecule has 1 aliphatic rings. The van der Waals surface area contributed by atoms with Gasteiger partial charge in [-0.15, -0.1) is 0 Å². The average Bonchev–Trinajstić information content (AvgIpc) is 2.46. The summed E-state index contributed by atoms with van der Waals surface area (Å²) in [6, 6.07) is 5.41. The van der Waals surface area contributed by atoms with Gasteiger partial charge >= 0.3 is 0 Å². The van der Waals surface area contributed by atoms with Crippen molar-refractivity contribution in [1.82, 2.24) is 0 Å².